The lowest BCUT2D eigenvalue weighted by Crippen LogP contribution is -2.36. The van der Waals surface area contributed by atoms with Crippen molar-refractivity contribution in [1.82, 2.24) is 0 Å². The maximum Gasteiger partial charge on any atom is 0.416 e. The Morgan fingerprint density at radius 2 is 1.69 bits per heavy atom. The van der Waals surface area contributed by atoms with Crippen molar-refractivity contribution in [2.45, 2.75) is 25.1 Å². The van der Waals surface area contributed by atoms with Crippen molar-refractivity contribution in [3.05, 3.63) is 35.4 Å². The van der Waals surface area contributed by atoms with Crippen LogP contribution in [0.2, 0.25) is 0 Å². The fraction of sp³-hybridized carbons (Fsp3) is 0.455. The molecule has 0 amide bonds. The summed E-state index contributed by atoms with van der Waals surface area (Å²) in [5.74, 6) is 0. The van der Waals surface area contributed by atoms with E-state index < -0.39 is 17.3 Å². The number of alkyl halides is 3. The molecule has 16 heavy (non-hydrogen) atoms. The minimum Gasteiger partial charge on any atom is -0.384 e. The molecule has 0 aliphatic heterocycles. The van der Waals surface area contributed by atoms with E-state index in [0.29, 0.717) is 0 Å². The van der Waals surface area contributed by atoms with Crippen LogP contribution in [0.3, 0.4) is 0 Å². The first-order valence-corrected chi connectivity index (χ1v) is 4.94. The van der Waals surface area contributed by atoms with E-state index in [4.69, 9.17) is 5.73 Å². The first-order chi connectivity index (χ1) is 7.35. The van der Waals surface area contributed by atoms with Crippen molar-refractivity contribution in [2.24, 2.45) is 5.73 Å². The predicted molar refractivity (Wildman–Crippen MR) is 54.7 cm³/mol. The Hall–Kier alpha value is -1.07. The molecule has 1 rings (SSSR count). The van der Waals surface area contributed by atoms with Crippen molar-refractivity contribution in [3.8, 4) is 0 Å². The molecule has 0 saturated carbocycles. The van der Waals surface area contributed by atoms with E-state index in [1.807, 2.05) is 0 Å². The molecule has 0 aliphatic carbocycles. The molecule has 3 N–H and O–H groups in total. The SMILES string of the molecule is CCC(O)(CN)c1ccccc1C(F)(F)F. The van der Waals surface area contributed by atoms with Gasteiger partial charge in [-0.3, -0.25) is 0 Å². The predicted octanol–water partition coefficient (Wildman–Crippen LogP) is 2.26. The van der Waals surface area contributed by atoms with Gasteiger partial charge in [-0.1, -0.05) is 25.1 Å². The summed E-state index contributed by atoms with van der Waals surface area (Å²) in [5.41, 5.74) is 2.74. The van der Waals surface area contributed by atoms with E-state index in [1.165, 1.54) is 18.2 Å². The molecule has 0 aromatic heterocycles. The quantitative estimate of drug-likeness (QED) is 0.841. The molecule has 0 saturated heterocycles. The second-order valence-electron chi connectivity index (χ2n) is 3.63. The molecule has 0 aliphatic rings. The van der Waals surface area contributed by atoms with Gasteiger partial charge in [0.25, 0.3) is 0 Å². The normalized spacial score (nSPS) is 15.9. The Bertz CT molecular complexity index is 358. The molecule has 0 radical (unpaired) electrons. The smallest absolute Gasteiger partial charge is 0.384 e. The maximum atomic E-state index is 12.7. The van der Waals surface area contributed by atoms with Crippen LogP contribution in [0.15, 0.2) is 24.3 Å². The highest BCUT2D eigenvalue weighted by Gasteiger charge is 2.39. The second kappa shape index (κ2) is 4.43. The summed E-state index contributed by atoms with van der Waals surface area (Å²) in [6, 6.07) is 4.96. The van der Waals surface area contributed by atoms with E-state index in [2.05, 4.69) is 0 Å². The number of aliphatic hydroxyl groups is 1. The van der Waals surface area contributed by atoms with Crippen LogP contribution in [-0.2, 0) is 11.8 Å². The highest BCUT2D eigenvalue weighted by Crippen LogP contribution is 2.37. The summed E-state index contributed by atoms with van der Waals surface area (Å²) in [6.07, 6.45) is -4.34. The number of nitrogens with two attached hydrogens (primary N) is 1. The third-order valence-corrected chi connectivity index (χ3v) is 2.66. The molecule has 5 heteroatoms. The Labute approximate surface area is 91.9 Å². The van der Waals surface area contributed by atoms with Crippen LogP contribution in [0.25, 0.3) is 0 Å². The second-order valence-corrected chi connectivity index (χ2v) is 3.63. The monoisotopic (exact) mass is 233 g/mol. The van der Waals surface area contributed by atoms with Crippen LogP contribution in [-0.4, -0.2) is 11.7 Å². The Morgan fingerprint density at radius 1 is 1.19 bits per heavy atom. The largest absolute Gasteiger partial charge is 0.416 e. The van der Waals surface area contributed by atoms with Gasteiger partial charge in [-0.15, -0.1) is 0 Å². The van der Waals surface area contributed by atoms with Gasteiger partial charge in [0.05, 0.1) is 5.56 Å². The molecule has 0 bridgehead atoms. The van der Waals surface area contributed by atoms with Crippen LogP contribution in [0.1, 0.15) is 24.5 Å². The average molecular weight is 233 g/mol. The summed E-state index contributed by atoms with van der Waals surface area (Å²) < 4.78 is 38.1. The third kappa shape index (κ3) is 2.36. The van der Waals surface area contributed by atoms with Gasteiger partial charge in [0.15, 0.2) is 0 Å². The summed E-state index contributed by atoms with van der Waals surface area (Å²) in [4.78, 5) is 0. The number of halogens is 3. The van der Waals surface area contributed by atoms with Crippen molar-refractivity contribution in [3.63, 3.8) is 0 Å². The fourth-order valence-electron chi connectivity index (χ4n) is 1.58. The lowest BCUT2D eigenvalue weighted by molar-refractivity contribution is -0.140. The van der Waals surface area contributed by atoms with E-state index in [9.17, 15) is 18.3 Å². The van der Waals surface area contributed by atoms with Gasteiger partial charge in [-0.25, -0.2) is 0 Å². The van der Waals surface area contributed by atoms with E-state index >= 15 is 0 Å². The first-order valence-electron chi connectivity index (χ1n) is 4.94. The Morgan fingerprint density at radius 3 is 2.06 bits per heavy atom. The van der Waals surface area contributed by atoms with Crippen LogP contribution in [0, 0.1) is 0 Å². The zero-order chi connectivity index (χ0) is 12.4. The van der Waals surface area contributed by atoms with E-state index in [-0.39, 0.29) is 18.5 Å². The molecule has 1 aromatic rings. The molecular weight excluding hydrogens is 219 g/mol. The highest BCUT2D eigenvalue weighted by molar-refractivity contribution is 5.34. The summed E-state index contributed by atoms with van der Waals surface area (Å²) in [6.45, 7) is 1.36. The Kier molecular flexibility index (Phi) is 3.60. The van der Waals surface area contributed by atoms with Crippen molar-refractivity contribution in [1.29, 1.82) is 0 Å². The summed E-state index contributed by atoms with van der Waals surface area (Å²) >= 11 is 0. The zero-order valence-electron chi connectivity index (χ0n) is 8.88. The number of hydrogen-bond donors (Lipinski definition) is 2. The first kappa shape index (κ1) is 13.0. The number of benzene rings is 1. The average Bonchev–Trinajstić information content (AvgIpc) is 2.27. The lowest BCUT2D eigenvalue weighted by Gasteiger charge is -2.28. The molecule has 1 atom stereocenters. The molecule has 90 valence electrons. The van der Waals surface area contributed by atoms with Gasteiger partial charge in [0.1, 0.15) is 5.60 Å². The molecule has 1 unspecified atom stereocenters. The van der Waals surface area contributed by atoms with Gasteiger partial charge in [0, 0.05) is 6.54 Å². The summed E-state index contributed by atoms with van der Waals surface area (Å²) in [7, 11) is 0. The van der Waals surface area contributed by atoms with Crippen molar-refractivity contribution in [2.75, 3.05) is 6.54 Å². The van der Waals surface area contributed by atoms with Gasteiger partial charge in [-0.2, -0.15) is 13.2 Å². The standard InChI is InChI=1S/C11H14F3NO/c1-2-10(16,7-15)8-5-3-4-6-9(8)11(12,13)14/h3-6,16H,2,7,15H2,1H3. The lowest BCUT2D eigenvalue weighted by atomic mass is 9.87. The van der Waals surface area contributed by atoms with Gasteiger partial charge in [-0.05, 0) is 18.1 Å². The van der Waals surface area contributed by atoms with Crippen molar-refractivity contribution >= 4 is 0 Å². The van der Waals surface area contributed by atoms with Crippen LogP contribution < -0.4 is 5.73 Å². The van der Waals surface area contributed by atoms with E-state index in [1.54, 1.807) is 6.92 Å². The van der Waals surface area contributed by atoms with Gasteiger partial charge < -0.3 is 10.8 Å². The topological polar surface area (TPSA) is 46.2 Å². The zero-order valence-corrected chi connectivity index (χ0v) is 8.88. The third-order valence-electron chi connectivity index (χ3n) is 2.66. The maximum absolute atomic E-state index is 12.7. The molecule has 0 spiro atoms. The van der Waals surface area contributed by atoms with Gasteiger partial charge in [0.2, 0.25) is 0 Å². The van der Waals surface area contributed by atoms with E-state index in [0.717, 1.165) is 6.07 Å². The fourth-order valence-corrected chi connectivity index (χ4v) is 1.58. The molecule has 0 heterocycles. The molecule has 0 fully saturated rings. The molecule has 1 aromatic carbocycles. The summed E-state index contributed by atoms with van der Waals surface area (Å²) in [5, 5.41) is 10.0. The van der Waals surface area contributed by atoms with Crippen LogP contribution in [0.5, 0.6) is 0 Å². The van der Waals surface area contributed by atoms with Crippen LogP contribution >= 0.6 is 0 Å². The van der Waals surface area contributed by atoms with Gasteiger partial charge >= 0.3 is 6.18 Å². The Balaban J connectivity index is 3.34. The molecule has 2 nitrogen and oxygen atoms in total. The highest BCUT2D eigenvalue weighted by atomic mass is 19.4. The molecular formula is C11H14F3NO. The minimum atomic E-state index is -4.48. The minimum absolute atomic E-state index is 0.136. The number of hydrogen-bond acceptors (Lipinski definition) is 2. The van der Waals surface area contributed by atoms with Crippen LogP contribution in [0.4, 0.5) is 13.2 Å². The number of rotatable bonds is 3. The van der Waals surface area contributed by atoms with Crippen molar-refractivity contribution < 1.29 is 18.3 Å².